The fourth-order valence-electron chi connectivity index (χ4n) is 1.74. The van der Waals surface area contributed by atoms with E-state index in [4.69, 9.17) is 10.5 Å². The van der Waals surface area contributed by atoms with Crippen LogP contribution < -0.4 is 5.73 Å². The Morgan fingerprint density at radius 2 is 2.31 bits per heavy atom. The molecule has 1 rings (SSSR count). The molecule has 94 valence electrons. The molecule has 0 spiro atoms. The van der Waals surface area contributed by atoms with Gasteiger partial charge in [-0.25, -0.2) is 0 Å². The number of hydrogen-bond acceptors (Lipinski definition) is 4. The molecule has 0 radical (unpaired) electrons. The Kier molecular flexibility index (Phi) is 5.73. The lowest BCUT2D eigenvalue weighted by Gasteiger charge is -2.33. The third kappa shape index (κ3) is 4.08. The van der Waals surface area contributed by atoms with Crippen molar-refractivity contribution in [2.24, 2.45) is 5.73 Å². The van der Waals surface area contributed by atoms with E-state index in [-0.39, 0.29) is 12.0 Å². The van der Waals surface area contributed by atoms with Crippen molar-refractivity contribution in [3.8, 4) is 0 Å². The van der Waals surface area contributed by atoms with Crippen molar-refractivity contribution in [3.63, 3.8) is 0 Å². The van der Waals surface area contributed by atoms with Crippen LogP contribution in [-0.4, -0.2) is 68.7 Å². The Hall–Kier alpha value is -0.650. The summed E-state index contributed by atoms with van der Waals surface area (Å²) in [5, 5.41) is 0. The number of carbonyl (C=O) groups is 1. The molecule has 0 aliphatic carbocycles. The van der Waals surface area contributed by atoms with Crippen LogP contribution in [0.1, 0.15) is 12.8 Å². The third-order valence-corrected chi connectivity index (χ3v) is 2.75. The summed E-state index contributed by atoms with van der Waals surface area (Å²) in [5.41, 5.74) is 5.44. The summed E-state index contributed by atoms with van der Waals surface area (Å²) in [5.74, 6) is 0.126. The van der Waals surface area contributed by atoms with Crippen molar-refractivity contribution < 1.29 is 9.53 Å². The molecule has 1 aliphatic heterocycles. The first-order valence-corrected chi connectivity index (χ1v) is 5.90. The minimum Gasteiger partial charge on any atom is -0.367 e. The maximum absolute atomic E-state index is 12.0. The van der Waals surface area contributed by atoms with E-state index in [0.717, 1.165) is 25.9 Å². The molecule has 5 heteroatoms. The summed E-state index contributed by atoms with van der Waals surface area (Å²) in [6.45, 7) is 3.66. The van der Waals surface area contributed by atoms with Crippen molar-refractivity contribution in [2.75, 3.05) is 46.9 Å². The van der Waals surface area contributed by atoms with Gasteiger partial charge in [-0.3, -0.25) is 4.79 Å². The van der Waals surface area contributed by atoms with E-state index in [1.54, 1.807) is 0 Å². The summed E-state index contributed by atoms with van der Waals surface area (Å²) in [7, 11) is 4.02. The number of ether oxygens (including phenoxy) is 1. The second kappa shape index (κ2) is 6.83. The van der Waals surface area contributed by atoms with E-state index in [1.807, 2.05) is 19.0 Å². The van der Waals surface area contributed by atoms with Crippen LogP contribution in [0.15, 0.2) is 0 Å². The fourth-order valence-corrected chi connectivity index (χ4v) is 1.74. The van der Waals surface area contributed by atoms with Gasteiger partial charge in [0.05, 0.1) is 6.61 Å². The van der Waals surface area contributed by atoms with Crippen molar-refractivity contribution in [1.29, 1.82) is 0 Å². The molecule has 1 amide bonds. The average molecular weight is 229 g/mol. The van der Waals surface area contributed by atoms with Crippen LogP contribution in [0.5, 0.6) is 0 Å². The first kappa shape index (κ1) is 13.4. The second-order valence-corrected chi connectivity index (χ2v) is 4.42. The number of amides is 1. The van der Waals surface area contributed by atoms with Gasteiger partial charge in [0, 0.05) is 19.6 Å². The molecule has 0 saturated carbocycles. The number of rotatable bonds is 6. The van der Waals surface area contributed by atoms with Gasteiger partial charge in [-0.2, -0.15) is 0 Å². The van der Waals surface area contributed by atoms with Crippen LogP contribution in [0.2, 0.25) is 0 Å². The van der Waals surface area contributed by atoms with E-state index >= 15 is 0 Å². The second-order valence-electron chi connectivity index (χ2n) is 4.42. The minimum absolute atomic E-state index is 0.126. The van der Waals surface area contributed by atoms with Gasteiger partial charge in [0.2, 0.25) is 0 Å². The summed E-state index contributed by atoms with van der Waals surface area (Å²) in [4.78, 5) is 16.0. The molecule has 1 aliphatic rings. The van der Waals surface area contributed by atoms with Crippen molar-refractivity contribution >= 4 is 5.91 Å². The molecule has 0 aromatic rings. The first-order valence-electron chi connectivity index (χ1n) is 5.90. The summed E-state index contributed by atoms with van der Waals surface area (Å²) in [6, 6.07) is 0. The maximum Gasteiger partial charge on any atom is 0.251 e. The summed E-state index contributed by atoms with van der Waals surface area (Å²) >= 11 is 0. The van der Waals surface area contributed by atoms with Crippen molar-refractivity contribution in [3.05, 3.63) is 0 Å². The highest BCUT2D eigenvalue weighted by molar-refractivity contribution is 5.81. The molecule has 1 heterocycles. The third-order valence-electron chi connectivity index (χ3n) is 2.75. The van der Waals surface area contributed by atoms with Crippen LogP contribution in [0.4, 0.5) is 0 Å². The molecule has 16 heavy (non-hydrogen) atoms. The highest BCUT2D eigenvalue weighted by atomic mass is 16.5. The molecule has 0 bridgehead atoms. The number of carbonyl (C=O) groups excluding carboxylic acids is 1. The highest BCUT2D eigenvalue weighted by Gasteiger charge is 2.28. The predicted octanol–water partition coefficient (Wildman–Crippen LogP) is -0.486. The lowest BCUT2D eigenvalue weighted by molar-refractivity contribution is -0.153. The van der Waals surface area contributed by atoms with Gasteiger partial charge in [-0.1, -0.05) is 0 Å². The largest absolute Gasteiger partial charge is 0.367 e. The number of nitrogens with two attached hydrogens (primary N) is 1. The molecule has 0 aromatic heterocycles. The molecule has 1 unspecified atom stereocenters. The molecule has 2 N–H and O–H groups in total. The molecule has 1 atom stereocenters. The van der Waals surface area contributed by atoms with Gasteiger partial charge >= 0.3 is 0 Å². The number of nitrogens with zero attached hydrogens (tertiary/aromatic N) is 2. The molecule has 0 aromatic carbocycles. The molecule has 1 fully saturated rings. The predicted molar refractivity (Wildman–Crippen MR) is 63.2 cm³/mol. The van der Waals surface area contributed by atoms with E-state index < -0.39 is 0 Å². The van der Waals surface area contributed by atoms with E-state index in [2.05, 4.69) is 4.90 Å². The molecular weight excluding hydrogens is 206 g/mol. The molecular formula is C11H23N3O2. The SMILES string of the molecule is CN(C)CCN1CCOC(CCCN)C1=O. The van der Waals surface area contributed by atoms with Crippen LogP contribution in [0, 0.1) is 0 Å². The van der Waals surface area contributed by atoms with Gasteiger partial charge < -0.3 is 20.3 Å². The monoisotopic (exact) mass is 229 g/mol. The Morgan fingerprint density at radius 1 is 1.56 bits per heavy atom. The number of hydrogen-bond donors (Lipinski definition) is 1. The molecule has 1 saturated heterocycles. The zero-order valence-electron chi connectivity index (χ0n) is 10.3. The highest BCUT2D eigenvalue weighted by Crippen LogP contribution is 2.11. The Bertz CT molecular complexity index is 221. The van der Waals surface area contributed by atoms with E-state index in [9.17, 15) is 4.79 Å². The van der Waals surface area contributed by atoms with Crippen molar-refractivity contribution in [2.45, 2.75) is 18.9 Å². The fraction of sp³-hybridized carbons (Fsp3) is 0.909. The van der Waals surface area contributed by atoms with Gasteiger partial charge in [-0.05, 0) is 33.5 Å². The maximum atomic E-state index is 12.0. The Labute approximate surface area is 97.5 Å². The van der Waals surface area contributed by atoms with Gasteiger partial charge in [0.15, 0.2) is 0 Å². The zero-order valence-corrected chi connectivity index (χ0v) is 10.3. The van der Waals surface area contributed by atoms with Crippen molar-refractivity contribution in [1.82, 2.24) is 9.80 Å². The zero-order chi connectivity index (χ0) is 12.0. The standard InChI is InChI=1S/C11H23N3O2/c1-13(2)6-7-14-8-9-16-10(11(14)15)4-3-5-12/h10H,3-9,12H2,1-2H3. The smallest absolute Gasteiger partial charge is 0.251 e. The lowest BCUT2D eigenvalue weighted by Crippen LogP contribution is -2.49. The quantitative estimate of drug-likeness (QED) is 0.668. The number of likely N-dealkylation sites (N-methyl/N-ethyl adjacent to an activating group) is 1. The summed E-state index contributed by atoms with van der Waals surface area (Å²) in [6.07, 6.45) is 1.32. The average Bonchev–Trinajstić information content (AvgIpc) is 2.26. The lowest BCUT2D eigenvalue weighted by atomic mass is 10.1. The normalized spacial score (nSPS) is 21.9. The van der Waals surface area contributed by atoms with Crippen LogP contribution >= 0.6 is 0 Å². The Morgan fingerprint density at radius 3 is 2.94 bits per heavy atom. The van der Waals surface area contributed by atoms with Gasteiger partial charge in [0.25, 0.3) is 5.91 Å². The van der Waals surface area contributed by atoms with Crippen LogP contribution in [-0.2, 0) is 9.53 Å². The summed E-state index contributed by atoms with van der Waals surface area (Å²) < 4.78 is 5.47. The Balaban J connectivity index is 2.37. The first-order chi connectivity index (χ1) is 7.65. The minimum atomic E-state index is -0.264. The topological polar surface area (TPSA) is 58.8 Å². The van der Waals surface area contributed by atoms with Gasteiger partial charge in [-0.15, -0.1) is 0 Å². The van der Waals surface area contributed by atoms with Crippen LogP contribution in [0.25, 0.3) is 0 Å². The van der Waals surface area contributed by atoms with E-state index in [1.165, 1.54) is 0 Å². The van der Waals surface area contributed by atoms with E-state index in [0.29, 0.717) is 19.7 Å². The van der Waals surface area contributed by atoms with Crippen LogP contribution in [0.3, 0.4) is 0 Å². The number of morpholine rings is 1. The molecule has 5 nitrogen and oxygen atoms in total. The van der Waals surface area contributed by atoms with Gasteiger partial charge in [0.1, 0.15) is 6.10 Å².